The Morgan fingerprint density at radius 3 is 1.94 bits per heavy atom. The van der Waals surface area contributed by atoms with E-state index >= 15 is 0 Å². The molecule has 0 N–H and O–H groups in total. The van der Waals surface area contributed by atoms with Gasteiger partial charge in [0.2, 0.25) is 6.29 Å². The van der Waals surface area contributed by atoms with Crippen LogP contribution in [0.3, 0.4) is 0 Å². The van der Waals surface area contributed by atoms with Crippen molar-refractivity contribution in [3.05, 3.63) is 65.7 Å². The molecule has 0 saturated heterocycles. The maximum Gasteiger partial charge on any atom is 0.367 e. The molecule has 2 aromatic carbocycles. The van der Waals surface area contributed by atoms with E-state index in [1.165, 1.54) is 68.9 Å². The smallest absolute Gasteiger partial charge is 0.367 e. The fraction of sp³-hybridized carbons (Fsp3) is 0.581. The Kier molecular flexibility index (Phi) is 12.9. The van der Waals surface area contributed by atoms with E-state index in [0.29, 0.717) is 4.48 Å². The highest BCUT2D eigenvalue weighted by molar-refractivity contribution is 5.74. The fourth-order valence-corrected chi connectivity index (χ4v) is 4.33. The SMILES string of the molecule is CCCCCCCCCCCc1ccc(OC(C)OC(=O)C(C)[N+](C)(C)Cc2ccccc2)cc1. The first-order valence-electron chi connectivity index (χ1n) is 13.6. The van der Waals surface area contributed by atoms with Crippen LogP contribution in [0, 0.1) is 0 Å². The third kappa shape index (κ3) is 11.3. The Balaban J connectivity index is 1.68. The zero-order chi connectivity index (χ0) is 25.5. The van der Waals surface area contributed by atoms with Crippen LogP contribution in [-0.2, 0) is 22.5 Å². The van der Waals surface area contributed by atoms with Gasteiger partial charge in [-0.05, 0) is 37.5 Å². The predicted octanol–water partition coefficient (Wildman–Crippen LogP) is 7.69. The molecule has 0 aliphatic heterocycles. The van der Waals surface area contributed by atoms with Crippen LogP contribution in [0.15, 0.2) is 54.6 Å². The van der Waals surface area contributed by atoms with Crippen LogP contribution in [0.1, 0.15) is 89.7 Å². The molecule has 2 unspecified atom stereocenters. The summed E-state index contributed by atoms with van der Waals surface area (Å²) in [7, 11) is 4.10. The van der Waals surface area contributed by atoms with Crippen molar-refractivity contribution < 1.29 is 18.8 Å². The average Bonchev–Trinajstić information content (AvgIpc) is 2.83. The molecule has 0 heterocycles. The molecule has 2 aromatic rings. The predicted molar refractivity (Wildman–Crippen MR) is 145 cm³/mol. The molecule has 0 fully saturated rings. The highest BCUT2D eigenvalue weighted by Crippen LogP contribution is 2.19. The molecular formula is C31H48NO3+. The number of aryl methyl sites for hydroxylation is 1. The van der Waals surface area contributed by atoms with Gasteiger partial charge < -0.3 is 14.0 Å². The summed E-state index contributed by atoms with van der Waals surface area (Å²) in [6.45, 7) is 6.72. The molecule has 0 aromatic heterocycles. The van der Waals surface area contributed by atoms with E-state index in [4.69, 9.17) is 9.47 Å². The molecule has 0 bridgehead atoms. The maximum atomic E-state index is 12.8. The standard InChI is InChI=1S/C31H48NO3/c1-6-7-8-9-10-11-12-13-15-18-28-21-23-30(24-22-28)34-27(3)35-31(33)26(2)32(4,5)25-29-19-16-14-17-20-29/h14,16-17,19-24,26-27H,6-13,15,18,25H2,1-5H3/q+1. The van der Waals surface area contributed by atoms with Crippen LogP contribution in [0.25, 0.3) is 0 Å². The normalized spacial score (nSPS) is 13.3. The van der Waals surface area contributed by atoms with Crippen LogP contribution in [0.4, 0.5) is 0 Å². The van der Waals surface area contributed by atoms with E-state index in [1.54, 1.807) is 6.92 Å². The molecule has 4 heteroatoms. The summed E-state index contributed by atoms with van der Waals surface area (Å²) in [5, 5.41) is 0. The number of unbranched alkanes of at least 4 members (excludes halogenated alkanes) is 8. The first-order chi connectivity index (χ1) is 16.8. The average molecular weight is 483 g/mol. The van der Waals surface area contributed by atoms with Gasteiger partial charge in [0.1, 0.15) is 12.3 Å². The highest BCUT2D eigenvalue weighted by atomic mass is 16.7. The lowest BCUT2D eigenvalue weighted by atomic mass is 10.0. The van der Waals surface area contributed by atoms with Gasteiger partial charge in [0.25, 0.3) is 0 Å². The Morgan fingerprint density at radius 2 is 1.34 bits per heavy atom. The van der Waals surface area contributed by atoms with Gasteiger partial charge in [-0.25, -0.2) is 4.79 Å². The van der Waals surface area contributed by atoms with Crippen LogP contribution >= 0.6 is 0 Å². The number of hydrogen-bond acceptors (Lipinski definition) is 3. The topological polar surface area (TPSA) is 35.5 Å². The van der Waals surface area contributed by atoms with Crippen molar-refractivity contribution >= 4 is 5.97 Å². The quantitative estimate of drug-likeness (QED) is 0.100. The van der Waals surface area contributed by atoms with Gasteiger partial charge in [-0.15, -0.1) is 0 Å². The summed E-state index contributed by atoms with van der Waals surface area (Å²) in [6, 6.07) is 18.1. The molecule has 2 atom stereocenters. The Labute approximate surface area is 214 Å². The largest absolute Gasteiger partial charge is 0.455 e. The Hall–Kier alpha value is -2.33. The third-order valence-corrected chi connectivity index (χ3v) is 6.90. The van der Waals surface area contributed by atoms with Gasteiger partial charge in [-0.3, -0.25) is 0 Å². The number of benzene rings is 2. The van der Waals surface area contributed by atoms with Crippen molar-refractivity contribution in [1.82, 2.24) is 0 Å². The number of quaternary nitrogens is 1. The first kappa shape index (κ1) is 28.9. The van der Waals surface area contributed by atoms with Crippen molar-refractivity contribution in [3.63, 3.8) is 0 Å². The molecule has 0 aliphatic carbocycles. The Morgan fingerprint density at radius 1 is 0.771 bits per heavy atom. The van der Waals surface area contributed by atoms with E-state index in [9.17, 15) is 4.79 Å². The zero-order valence-corrected chi connectivity index (χ0v) is 22.8. The van der Waals surface area contributed by atoms with E-state index < -0.39 is 6.29 Å². The summed E-state index contributed by atoms with van der Waals surface area (Å²) in [4.78, 5) is 12.8. The Bertz CT molecular complexity index is 832. The minimum absolute atomic E-state index is 0.250. The minimum Gasteiger partial charge on any atom is -0.455 e. The molecule has 0 aliphatic rings. The number of nitrogens with zero attached hydrogens (tertiary/aromatic N) is 1. The number of rotatable bonds is 17. The van der Waals surface area contributed by atoms with Gasteiger partial charge in [-0.2, -0.15) is 0 Å². The lowest BCUT2D eigenvalue weighted by Gasteiger charge is -2.35. The van der Waals surface area contributed by atoms with Crippen LogP contribution in [0.5, 0.6) is 5.75 Å². The van der Waals surface area contributed by atoms with E-state index in [0.717, 1.165) is 18.7 Å². The molecule has 0 radical (unpaired) electrons. The van der Waals surface area contributed by atoms with Crippen molar-refractivity contribution in [3.8, 4) is 5.75 Å². The highest BCUT2D eigenvalue weighted by Gasteiger charge is 2.33. The number of likely N-dealkylation sites (N-methyl/N-ethyl adjacent to an activating group) is 1. The number of esters is 1. The molecule has 0 spiro atoms. The second-order valence-corrected chi connectivity index (χ2v) is 10.4. The summed E-state index contributed by atoms with van der Waals surface area (Å²) in [6.07, 6.45) is 12.6. The molecule has 0 amide bonds. The molecule has 2 rings (SSSR count). The molecular weight excluding hydrogens is 434 g/mol. The monoisotopic (exact) mass is 482 g/mol. The second-order valence-electron chi connectivity index (χ2n) is 10.4. The van der Waals surface area contributed by atoms with Crippen molar-refractivity contribution in [2.24, 2.45) is 0 Å². The number of hydrogen-bond donors (Lipinski definition) is 0. The number of carbonyl (C=O) groups is 1. The number of ether oxygens (including phenoxy) is 2. The van der Waals surface area contributed by atoms with Gasteiger partial charge in [0.15, 0.2) is 6.04 Å². The molecule has 4 nitrogen and oxygen atoms in total. The van der Waals surface area contributed by atoms with Gasteiger partial charge in [0.05, 0.1) is 14.1 Å². The van der Waals surface area contributed by atoms with E-state index in [1.807, 2.05) is 37.3 Å². The van der Waals surface area contributed by atoms with Gasteiger partial charge in [-0.1, -0.05) is 101 Å². The lowest BCUT2D eigenvalue weighted by Crippen LogP contribution is -2.51. The van der Waals surface area contributed by atoms with E-state index in [-0.39, 0.29) is 12.0 Å². The number of carbonyl (C=O) groups excluding carboxylic acids is 1. The van der Waals surface area contributed by atoms with Gasteiger partial charge in [0, 0.05) is 12.5 Å². The second kappa shape index (κ2) is 15.6. The van der Waals surface area contributed by atoms with Crippen molar-refractivity contribution in [2.45, 2.75) is 104 Å². The van der Waals surface area contributed by atoms with Crippen molar-refractivity contribution in [1.29, 1.82) is 0 Å². The fourth-order valence-electron chi connectivity index (χ4n) is 4.33. The van der Waals surface area contributed by atoms with Gasteiger partial charge >= 0.3 is 5.97 Å². The molecule has 194 valence electrons. The van der Waals surface area contributed by atoms with Crippen molar-refractivity contribution in [2.75, 3.05) is 14.1 Å². The van der Waals surface area contributed by atoms with Crippen LogP contribution < -0.4 is 4.74 Å². The van der Waals surface area contributed by atoms with Crippen LogP contribution in [-0.4, -0.2) is 36.9 Å². The van der Waals surface area contributed by atoms with Crippen LogP contribution in [0.2, 0.25) is 0 Å². The summed E-state index contributed by atoms with van der Waals surface area (Å²) in [5.74, 6) is 0.479. The third-order valence-electron chi connectivity index (χ3n) is 6.90. The summed E-state index contributed by atoms with van der Waals surface area (Å²) < 4.78 is 12.0. The summed E-state index contributed by atoms with van der Waals surface area (Å²) >= 11 is 0. The zero-order valence-electron chi connectivity index (χ0n) is 22.8. The summed E-state index contributed by atoms with van der Waals surface area (Å²) in [5.41, 5.74) is 2.53. The molecule has 35 heavy (non-hydrogen) atoms. The minimum atomic E-state index is -0.634. The molecule has 0 saturated carbocycles. The van der Waals surface area contributed by atoms with E-state index in [2.05, 4.69) is 45.3 Å². The first-order valence-corrected chi connectivity index (χ1v) is 13.6. The lowest BCUT2D eigenvalue weighted by molar-refractivity contribution is -0.917. The maximum absolute atomic E-state index is 12.8.